The molecule has 1 aromatic rings. The highest BCUT2D eigenvalue weighted by molar-refractivity contribution is 7.13. The normalized spacial score (nSPS) is 9.42. The highest BCUT2D eigenvalue weighted by atomic mass is 32.1. The van der Waals surface area contributed by atoms with E-state index >= 15 is 0 Å². The van der Waals surface area contributed by atoms with Crippen LogP contribution in [0.3, 0.4) is 0 Å². The summed E-state index contributed by atoms with van der Waals surface area (Å²) in [7, 11) is 1.63. The number of anilines is 1. The predicted molar refractivity (Wildman–Crippen MR) is 49.3 cm³/mol. The van der Waals surface area contributed by atoms with Crippen LogP contribution in [0.2, 0.25) is 0 Å². The van der Waals surface area contributed by atoms with Crippen molar-refractivity contribution in [3.05, 3.63) is 11.6 Å². The van der Waals surface area contributed by atoms with Crippen LogP contribution in [0, 0.1) is 0 Å². The molecule has 0 aliphatic rings. The molecule has 1 heterocycles. The highest BCUT2D eigenvalue weighted by Gasteiger charge is 1.97. The third-order valence-corrected chi connectivity index (χ3v) is 2.07. The van der Waals surface area contributed by atoms with E-state index in [4.69, 9.17) is 0 Å². The Morgan fingerprint density at radius 2 is 2.58 bits per heavy atom. The van der Waals surface area contributed by atoms with E-state index in [0.29, 0.717) is 13.0 Å². The lowest BCUT2D eigenvalue weighted by molar-refractivity contribution is -0.120. The Balaban J connectivity index is 2.15. The second-order valence-electron chi connectivity index (χ2n) is 2.19. The van der Waals surface area contributed by atoms with Crippen LogP contribution in [0.25, 0.3) is 0 Å². The SMILES string of the molecule is CNC(=O)CCNc1nccs1. The quantitative estimate of drug-likeness (QED) is 0.725. The molecule has 0 unspecified atom stereocenters. The van der Waals surface area contributed by atoms with Gasteiger partial charge in [0.2, 0.25) is 5.91 Å². The van der Waals surface area contributed by atoms with Crippen LogP contribution >= 0.6 is 11.3 Å². The average Bonchev–Trinajstić information content (AvgIpc) is 2.57. The van der Waals surface area contributed by atoms with Gasteiger partial charge in [-0.2, -0.15) is 0 Å². The first-order chi connectivity index (χ1) is 5.83. The summed E-state index contributed by atoms with van der Waals surface area (Å²) >= 11 is 1.53. The van der Waals surface area contributed by atoms with Gasteiger partial charge in [-0.05, 0) is 0 Å². The second-order valence-corrected chi connectivity index (χ2v) is 3.08. The van der Waals surface area contributed by atoms with E-state index in [1.165, 1.54) is 11.3 Å². The third-order valence-electron chi connectivity index (χ3n) is 1.34. The smallest absolute Gasteiger partial charge is 0.221 e. The maximum Gasteiger partial charge on any atom is 0.221 e. The fourth-order valence-corrected chi connectivity index (χ4v) is 1.28. The van der Waals surface area contributed by atoms with E-state index in [-0.39, 0.29) is 5.91 Å². The van der Waals surface area contributed by atoms with Crippen LogP contribution in [0.5, 0.6) is 0 Å². The molecule has 2 N–H and O–H groups in total. The first-order valence-corrected chi connectivity index (χ1v) is 4.55. The zero-order chi connectivity index (χ0) is 8.81. The molecule has 0 aliphatic heterocycles. The minimum Gasteiger partial charge on any atom is -0.361 e. The van der Waals surface area contributed by atoms with Crippen LogP contribution < -0.4 is 10.6 Å². The number of hydrogen-bond donors (Lipinski definition) is 2. The summed E-state index contributed by atoms with van der Waals surface area (Å²) in [6.07, 6.45) is 2.21. The lowest BCUT2D eigenvalue weighted by Crippen LogP contribution is -2.20. The molecule has 0 fully saturated rings. The summed E-state index contributed by atoms with van der Waals surface area (Å²) in [5.41, 5.74) is 0. The summed E-state index contributed by atoms with van der Waals surface area (Å²) in [5.74, 6) is 0.0408. The minimum absolute atomic E-state index is 0.0408. The number of amides is 1. The van der Waals surface area contributed by atoms with Gasteiger partial charge in [-0.25, -0.2) is 4.98 Å². The van der Waals surface area contributed by atoms with Gasteiger partial charge >= 0.3 is 0 Å². The average molecular weight is 185 g/mol. The van der Waals surface area contributed by atoms with Gasteiger partial charge in [-0.1, -0.05) is 0 Å². The van der Waals surface area contributed by atoms with Gasteiger partial charge in [0.1, 0.15) is 0 Å². The number of rotatable bonds is 4. The molecule has 0 spiro atoms. The molecular formula is C7H11N3OS. The van der Waals surface area contributed by atoms with Crippen molar-refractivity contribution >= 4 is 22.4 Å². The van der Waals surface area contributed by atoms with Crippen LogP contribution in [0.4, 0.5) is 5.13 Å². The molecule has 5 heteroatoms. The van der Waals surface area contributed by atoms with Crippen molar-refractivity contribution in [2.75, 3.05) is 18.9 Å². The van der Waals surface area contributed by atoms with E-state index in [1.807, 2.05) is 5.38 Å². The molecular weight excluding hydrogens is 174 g/mol. The van der Waals surface area contributed by atoms with E-state index in [0.717, 1.165) is 5.13 Å². The molecule has 1 amide bonds. The molecule has 0 saturated carbocycles. The largest absolute Gasteiger partial charge is 0.361 e. The number of aromatic nitrogens is 1. The molecule has 0 atom stereocenters. The van der Waals surface area contributed by atoms with Gasteiger partial charge in [-0.15, -0.1) is 11.3 Å². The van der Waals surface area contributed by atoms with Crippen LogP contribution in [0.15, 0.2) is 11.6 Å². The van der Waals surface area contributed by atoms with Crippen molar-refractivity contribution in [3.8, 4) is 0 Å². The Hall–Kier alpha value is -1.10. The Bertz CT molecular complexity index is 235. The molecule has 0 bridgehead atoms. The number of nitrogens with one attached hydrogen (secondary N) is 2. The molecule has 12 heavy (non-hydrogen) atoms. The van der Waals surface area contributed by atoms with E-state index in [9.17, 15) is 4.79 Å². The van der Waals surface area contributed by atoms with Crippen molar-refractivity contribution in [1.29, 1.82) is 0 Å². The first-order valence-electron chi connectivity index (χ1n) is 3.67. The van der Waals surface area contributed by atoms with Gasteiger partial charge in [0.15, 0.2) is 5.13 Å². The molecule has 0 saturated heterocycles. The number of hydrogen-bond acceptors (Lipinski definition) is 4. The highest BCUT2D eigenvalue weighted by Crippen LogP contribution is 2.09. The van der Waals surface area contributed by atoms with Crippen LogP contribution in [0.1, 0.15) is 6.42 Å². The molecule has 0 aromatic carbocycles. The number of nitrogens with zero attached hydrogens (tertiary/aromatic N) is 1. The lowest BCUT2D eigenvalue weighted by Gasteiger charge is -2.00. The standard InChI is InChI=1S/C7H11N3OS/c1-8-6(11)2-3-9-7-10-4-5-12-7/h4-5H,2-3H2,1H3,(H,8,11)(H,9,10). The van der Waals surface area contributed by atoms with Crippen molar-refractivity contribution in [2.45, 2.75) is 6.42 Å². The zero-order valence-corrected chi connectivity index (χ0v) is 7.65. The molecule has 1 rings (SSSR count). The van der Waals surface area contributed by atoms with E-state index in [1.54, 1.807) is 13.2 Å². The molecule has 1 aromatic heterocycles. The van der Waals surface area contributed by atoms with Crippen LogP contribution in [-0.4, -0.2) is 24.5 Å². The van der Waals surface area contributed by atoms with Gasteiger partial charge < -0.3 is 10.6 Å². The Kier molecular flexibility index (Phi) is 3.53. The summed E-state index contributed by atoms with van der Waals surface area (Å²) < 4.78 is 0. The predicted octanol–water partition coefficient (Wildman–Crippen LogP) is 0.691. The molecule has 4 nitrogen and oxygen atoms in total. The molecule has 66 valence electrons. The molecule has 0 aliphatic carbocycles. The van der Waals surface area contributed by atoms with Crippen molar-refractivity contribution in [3.63, 3.8) is 0 Å². The minimum atomic E-state index is 0.0408. The van der Waals surface area contributed by atoms with Gasteiger partial charge in [0.25, 0.3) is 0 Å². The Morgan fingerprint density at radius 1 is 1.75 bits per heavy atom. The van der Waals surface area contributed by atoms with Gasteiger partial charge in [0, 0.05) is 31.6 Å². The van der Waals surface area contributed by atoms with E-state index < -0.39 is 0 Å². The Morgan fingerprint density at radius 3 is 3.17 bits per heavy atom. The van der Waals surface area contributed by atoms with Crippen LogP contribution in [-0.2, 0) is 4.79 Å². The third kappa shape index (κ3) is 2.87. The lowest BCUT2D eigenvalue weighted by atomic mass is 10.4. The van der Waals surface area contributed by atoms with Crippen molar-refractivity contribution in [2.24, 2.45) is 0 Å². The van der Waals surface area contributed by atoms with Gasteiger partial charge in [-0.3, -0.25) is 4.79 Å². The fourth-order valence-electron chi connectivity index (χ4n) is 0.719. The zero-order valence-electron chi connectivity index (χ0n) is 6.83. The summed E-state index contributed by atoms with van der Waals surface area (Å²) in [5, 5.41) is 8.34. The fraction of sp³-hybridized carbons (Fsp3) is 0.429. The Labute approximate surface area is 75.0 Å². The second kappa shape index (κ2) is 4.71. The maximum atomic E-state index is 10.8. The van der Waals surface area contributed by atoms with Gasteiger partial charge in [0.05, 0.1) is 0 Å². The first kappa shape index (κ1) is 8.99. The number of carbonyl (C=O) groups excluding carboxylic acids is 1. The van der Waals surface area contributed by atoms with Crippen molar-refractivity contribution < 1.29 is 4.79 Å². The number of carbonyl (C=O) groups is 1. The summed E-state index contributed by atoms with van der Waals surface area (Å²) in [6, 6.07) is 0. The number of thiazole rings is 1. The maximum absolute atomic E-state index is 10.8. The van der Waals surface area contributed by atoms with Crippen molar-refractivity contribution in [1.82, 2.24) is 10.3 Å². The monoisotopic (exact) mass is 185 g/mol. The topological polar surface area (TPSA) is 54.0 Å². The summed E-state index contributed by atoms with van der Waals surface area (Å²) in [6.45, 7) is 0.632. The molecule has 0 radical (unpaired) electrons. The summed E-state index contributed by atoms with van der Waals surface area (Å²) in [4.78, 5) is 14.8. The van der Waals surface area contributed by atoms with E-state index in [2.05, 4.69) is 15.6 Å².